The number of amides is 1. The van der Waals surface area contributed by atoms with Gasteiger partial charge in [-0.05, 0) is 35.1 Å². The first kappa shape index (κ1) is 17.2. The highest BCUT2D eigenvalue weighted by Gasteiger charge is 2.24. The van der Waals surface area contributed by atoms with E-state index in [4.69, 9.17) is 0 Å². The van der Waals surface area contributed by atoms with Crippen molar-refractivity contribution in [2.24, 2.45) is 0 Å². The molecule has 1 amide bonds. The summed E-state index contributed by atoms with van der Waals surface area (Å²) in [6.45, 7) is 8.71. The van der Waals surface area contributed by atoms with E-state index < -0.39 is 0 Å². The summed E-state index contributed by atoms with van der Waals surface area (Å²) < 4.78 is 0. The number of fused-ring (bicyclic) bond motifs is 1. The first-order valence-corrected chi connectivity index (χ1v) is 10.0. The van der Waals surface area contributed by atoms with Crippen molar-refractivity contribution in [2.75, 3.05) is 26.2 Å². The average molecular weight is 369 g/mol. The van der Waals surface area contributed by atoms with E-state index in [9.17, 15) is 4.79 Å². The molecule has 3 aromatic rings. The van der Waals surface area contributed by atoms with E-state index in [2.05, 4.69) is 34.8 Å². The van der Waals surface area contributed by atoms with Crippen molar-refractivity contribution in [3.63, 3.8) is 0 Å². The Kier molecular flexibility index (Phi) is 4.78. The zero-order chi connectivity index (χ0) is 18.1. The minimum absolute atomic E-state index is 0.166. The molecule has 4 rings (SSSR count). The van der Waals surface area contributed by atoms with Gasteiger partial charge in [-0.2, -0.15) is 0 Å². The van der Waals surface area contributed by atoms with Crippen LogP contribution in [0, 0.1) is 0 Å². The molecule has 1 aliphatic heterocycles. The van der Waals surface area contributed by atoms with Gasteiger partial charge in [-0.15, -0.1) is 11.3 Å². The lowest BCUT2D eigenvalue weighted by molar-refractivity contribution is 0.0633. The molecule has 0 saturated carbocycles. The fourth-order valence-electron chi connectivity index (χ4n) is 3.65. The fourth-order valence-corrected chi connectivity index (χ4v) is 4.34. The number of H-pyrrole nitrogens is 1. The Morgan fingerprint density at radius 2 is 2.04 bits per heavy atom. The molecule has 0 spiro atoms. The lowest BCUT2D eigenvalue weighted by Gasteiger charge is -2.34. The maximum Gasteiger partial charge on any atom is 0.264 e. The van der Waals surface area contributed by atoms with Crippen molar-refractivity contribution >= 4 is 28.3 Å². The summed E-state index contributed by atoms with van der Waals surface area (Å²) in [5.74, 6) is 0.597. The topological polar surface area (TPSA) is 52.2 Å². The van der Waals surface area contributed by atoms with Gasteiger partial charge in [-0.25, -0.2) is 4.98 Å². The van der Waals surface area contributed by atoms with Gasteiger partial charge in [-0.1, -0.05) is 19.9 Å². The second-order valence-corrected chi connectivity index (χ2v) is 8.06. The van der Waals surface area contributed by atoms with Crippen LogP contribution in [0.1, 0.15) is 40.7 Å². The van der Waals surface area contributed by atoms with Crippen LogP contribution >= 0.6 is 11.3 Å². The number of thiophene rings is 1. The number of nitrogens with zero attached hydrogens (tertiary/aromatic N) is 3. The zero-order valence-corrected chi connectivity index (χ0v) is 16.1. The third-order valence-electron chi connectivity index (χ3n) is 5.06. The molecule has 1 N–H and O–H groups in total. The first-order chi connectivity index (χ1) is 12.6. The van der Waals surface area contributed by atoms with Gasteiger partial charge in [0.1, 0.15) is 5.65 Å². The van der Waals surface area contributed by atoms with Gasteiger partial charge < -0.3 is 9.88 Å². The van der Waals surface area contributed by atoms with Gasteiger partial charge >= 0.3 is 0 Å². The number of aromatic nitrogens is 2. The number of carbonyl (C=O) groups excluding carboxylic acids is 1. The summed E-state index contributed by atoms with van der Waals surface area (Å²) in [4.78, 5) is 25.7. The summed E-state index contributed by atoms with van der Waals surface area (Å²) >= 11 is 1.52. The predicted molar refractivity (Wildman–Crippen MR) is 106 cm³/mol. The van der Waals surface area contributed by atoms with Gasteiger partial charge in [0, 0.05) is 50.0 Å². The summed E-state index contributed by atoms with van der Waals surface area (Å²) in [5, 5.41) is 3.18. The van der Waals surface area contributed by atoms with Crippen LogP contribution in [0.2, 0.25) is 0 Å². The molecule has 1 fully saturated rings. The van der Waals surface area contributed by atoms with Crippen molar-refractivity contribution in [1.29, 1.82) is 0 Å². The molecular weight excluding hydrogens is 344 g/mol. The van der Waals surface area contributed by atoms with Crippen molar-refractivity contribution < 1.29 is 4.79 Å². The van der Waals surface area contributed by atoms with Crippen LogP contribution in [0.3, 0.4) is 0 Å². The number of carbonyl (C=O) groups is 1. The molecule has 26 heavy (non-hydrogen) atoms. The second-order valence-electron chi connectivity index (χ2n) is 7.12. The smallest absolute Gasteiger partial charge is 0.264 e. The molecule has 1 aliphatic rings. The molecule has 136 valence electrons. The van der Waals surface area contributed by atoms with Crippen LogP contribution in [0.15, 0.2) is 35.8 Å². The number of hydrogen-bond donors (Lipinski definition) is 1. The average Bonchev–Trinajstić information content (AvgIpc) is 3.30. The predicted octanol–water partition coefficient (Wildman–Crippen LogP) is 3.71. The summed E-state index contributed by atoms with van der Waals surface area (Å²) in [5.41, 5.74) is 3.59. The van der Waals surface area contributed by atoms with E-state index in [1.165, 1.54) is 28.0 Å². The van der Waals surface area contributed by atoms with Gasteiger partial charge in [-0.3, -0.25) is 9.69 Å². The Bertz CT molecular complexity index is 892. The zero-order valence-electron chi connectivity index (χ0n) is 15.2. The van der Waals surface area contributed by atoms with Gasteiger partial charge in [0.25, 0.3) is 5.91 Å². The van der Waals surface area contributed by atoms with E-state index >= 15 is 0 Å². The standard InChI is InChI=1S/C20H24N4OS/c1-14(2)18-16(15-5-3-7-21-19(15)22-18)13-23-8-10-24(11-9-23)20(25)17-6-4-12-26-17/h3-7,12,14H,8-11,13H2,1-2H3,(H,21,22). The monoisotopic (exact) mass is 368 g/mol. The van der Waals surface area contributed by atoms with Crippen LogP contribution in [-0.2, 0) is 6.54 Å². The Morgan fingerprint density at radius 1 is 1.23 bits per heavy atom. The minimum Gasteiger partial charge on any atom is -0.343 e. The van der Waals surface area contributed by atoms with Gasteiger partial charge in [0.2, 0.25) is 0 Å². The Labute approximate surface area is 157 Å². The number of aromatic amines is 1. The highest BCUT2D eigenvalue weighted by Crippen LogP contribution is 2.28. The SMILES string of the molecule is CC(C)c1[nH]c2ncccc2c1CN1CCN(C(=O)c2cccs2)CC1. The van der Waals surface area contributed by atoms with E-state index in [0.29, 0.717) is 5.92 Å². The summed E-state index contributed by atoms with van der Waals surface area (Å²) in [6.07, 6.45) is 1.83. The molecule has 0 aliphatic carbocycles. The molecule has 4 heterocycles. The molecule has 3 aromatic heterocycles. The largest absolute Gasteiger partial charge is 0.343 e. The van der Waals surface area contributed by atoms with Crippen LogP contribution in [0.25, 0.3) is 11.0 Å². The van der Waals surface area contributed by atoms with E-state index in [-0.39, 0.29) is 5.91 Å². The lowest BCUT2D eigenvalue weighted by Crippen LogP contribution is -2.48. The highest BCUT2D eigenvalue weighted by atomic mass is 32.1. The second kappa shape index (κ2) is 7.21. The molecule has 0 radical (unpaired) electrons. The lowest BCUT2D eigenvalue weighted by atomic mass is 10.0. The molecule has 0 unspecified atom stereocenters. The van der Waals surface area contributed by atoms with Crippen molar-refractivity contribution in [1.82, 2.24) is 19.8 Å². The number of hydrogen-bond acceptors (Lipinski definition) is 4. The van der Waals surface area contributed by atoms with Crippen LogP contribution in [0.5, 0.6) is 0 Å². The number of piperazine rings is 1. The summed E-state index contributed by atoms with van der Waals surface area (Å²) in [6, 6.07) is 8.00. The first-order valence-electron chi connectivity index (χ1n) is 9.14. The van der Waals surface area contributed by atoms with Crippen LogP contribution < -0.4 is 0 Å². The number of pyridine rings is 1. The van der Waals surface area contributed by atoms with Crippen LogP contribution in [0.4, 0.5) is 0 Å². The molecule has 0 bridgehead atoms. The van der Waals surface area contributed by atoms with Crippen LogP contribution in [-0.4, -0.2) is 51.9 Å². The van der Waals surface area contributed by atoms with Crippen molar-refractivity contribution in [3.8, 4) is 0 Å². The third kappa shape index (κ3) is 3.27. The van der Waals surface area contributed by atoms with Crippen molar-refractivity contribution in [2.45, 2.75) is 26.3 Å². The molecule has 1 saturated heterocycles. The Hall–Kier alpha value is -2.18. The number of rotatable bonds is 4. The minimum atomic E-state index is 0.166. The quantitative estimate of drug-likeness (QED) is 0.764. The third-order valence-corrected chi connectivity index (χ3v) is 5.92. The fraction of sp³-hybridized carbons (Fsp3) is 0.400. The maximum atomic E-state index is 12.5. The van der Waals surface area contributed by atoms with Gasteiger partial charge in [0.15, 0.2) is 0 Å². The molecular formula is C20H24N4OS. The molecule has 6 heteroatoms. The molecule has 0 atom stereocenters. The Balaban J connectivity index is 1.47. The van der Waals surface area contributed by atoms with E-state index in [0.717, 1.165) is 43.2 Å². The highest BCUT2D eigenvalue weighted by molar-refractivity contribution is 7.12. The summed E-state index contributed by atoms with van der Waals surface area (Å²) in [7, 11) is 0. The normalized spacial score (nSPS) is 15.9. The van der Waals surface area contributed by atoms with E-state index in [1.807, 2.05) is 34.7 Å². The molecule has 5 nitrogen and oxygen atoms in total. The van der Waals surface area contributed by atoms with E-state index in [1.54, 1.807) is 0 Å². The Morgan fingerprint density at radius 3 is 2.73 bits per heavy atom. The van der Waals surface area contributed by atoms with Crippen molar-refractivity contribution in [3.05, 3.63) is 52.0 Å². The maximum absolute atomic E-state index is 12.5. The molecule has 0 aromatic carbocycles. The number of nitrogens with one attached hydrogen (secondary N) is 1. The van der Waals surface area contributed by atoms with Gasteiger partial charge in [0.05, 0.1) is 4.88 Å².